The van der Waals surface area contributed by atoms with E-state index in [9.17, 15) is 4.79 Å². The predicted octanol–water partition coefficient (Wildman–Crippen LogP) is 4.67. The minimum absolute atomic E-state index is 0.251. The van der Waals surface area contributed by atoms with E-state index in [2.05, 4.69) is 22.8 Å². The van der Waals surface area contributed by atoms with Crippen LogP contribution in [0.15, 0.2) is 60.7 Å². The first-order valence-corrected chi connectivity index (χ1v) is 8.25. The number of ketones is 1. The van der Waals surface area contributed by atoms with E-state index in [4.69, 9.17) is 4.74 Å². The molecule has 0 fully saturated rings. The molecule has 0 atom stereocenters. The van der Waals surface area contributed by atoms with Gasteiger partial charge in [0.15, 0.2) is 5.78 Å². The molecule has 1 aliphatic carbocycles. The standard InChI is InChI=1S/C21H19NO2/c1-24-17-12-10-16(11-13-17)22-19-8-5-9-21(23)18(19)14-20(22)15-6-3-2-4-7-15/h2-4,6-7,10-14H,5,8-9H2,1H3. The lowest BCUT2D eigenvalue weighted by Crippen LogP contribution is -2.12. The quantitative estimate of drug-likeness (QED) is 0.703. The van der Waals surface area contributed by atoms with Gasteiger partial charge in [-0.1, -0.05) is 30.3 Å². The van der Waals surface area contributed by atoms with Crippen molar-refractivity contribution in [1.82, 2.24) is 4.57 Å². The molecule has 0 spiro atoms. The molecule has 2 aromatic carbocycles. The molecule has 3 aromatic rings. The Morgan fingerprint density at radius 3 is 2.42 bits per heavy atom. The van der Waals surface area contributed by atoms with Gasteiger partial charge in [0, 0.05) is 23.4 Å². The Labute approximate surface area is 141 Å². The van der Waals surface area contributed by atoms with E-state index >= 15 is 0 Å². The number of fused-ring (bicyclic) bond motifs is 1. The van der Waals surface area contributed by atoms with Gasteiger partial charge >= 0.3 is 0 Å². The third kappa shape index (κ3) is 2.42. The van der Waals surface area contributed by atoms with Crippen molar-refractivity contribution in [1.29, 1.82) is 0 Å². The van der Waals surface area contributed by atoms with Gasteiger partial charge in [0.25, 0.3) is 0 Å². The molecule has 0 unspecified atom stereocenters. The van der Waals surface area contributed by atoms with Gasteiger partial charge in [-0.15, -0.1) is 0 Å². The summed E-state index contributed by atoms with van der Waals surface area (Å²) in [6.07, 6.45) is 2.49. The first-order chi connectivity index (χ1) is 11.8. The number of methoxy groups -OCH3 is 1. The van der Waals surface area contributed by atoms with E-state index in [0.29, 0.717) is 6.42 Å². The molecule has 4 rings (SSSR count). The molecule has 1 aromatic heterocycles. The lowest BCUT2D eigenvalue weighted by Gasteiger charge is -2.17. The van der Waals surface area contributed by atoms with Gasteiger partial charge in [-0.25, -0.2) is 0 Å². The Bertz CT molecular complexity index is 876. The highest BCUT2D eigenvalue weighted by molar-refractivity contribution is 6.00. The zero-order valence-corrected chi connectivity index (χ0v) is 13.7. The van der Waals surface area contributed by atoms with Crippen LogP contribution in [-0.4, -0.2) is 17.5 Å². The van der Waals surface area contributed by atoms with Gasteiger partial charge in [0.1, 0.15) is 5.75 Å². The van der Waals surface area contributed by atoms with E-state index in [1.165, 1.54) is 0 Å². The number of hydrogen-bond donors (Lipinski definition) is 0. The molecule has 24 heavy (non-hydrogen) atoms. The highest BCUT2D eigenvalue weighted by Crippen LogP contribution is 2.34. The third-order valence-electron chi connectivity index (χ3n) is 4.62. The molecule has 0 amide bonds. The van der Waals surface area contributed by atoms with Crippen LogP contribution in [0.2, 0.25) is 0 Å². The molecule has 3 nitrogen and oxygen atoms in total. The van der Waals surface area contributed by atoms with Crippen molar-refractivity contribution in [3.63, 3.8) is 0 Å². The molecular formula is C21H19NO2. The number of carbonyl (C=O) groups is 1. The average Bonchev–Trinajstić information content (AvgIpc) is 3.03. The Hall–Kier alpha value is -2.81. The summed E-state index contributed by atoms with van der Waals surface area (Å²) in [4.78, 5) is 12.4. The molecule has 0 saturated carbocycles. The van der Waals surface area contributed by atoms with Crippen molar-refractivity contribution in [3.05, 3.63) is 71.9 Å². The van der Waals surface area contributed by atoms with Gasteiger partial charge in [-0.05, 0) is 48.7 Å². The fraction of sp³-hybridized carbons (Fsp3) is 0.190. The summed E-state index contributed by atoms with van der Waals surface area (Å²) in [6.45, 7) is 0. The van der Waals surface area contributed by atoms with Crippen LogP contribution in [0.1, 0.15) is 28.9 Å². The zero-order valence-electron chi connectivity index (χ0n) is 13.7. The topological polar surface area (TPSA) is 31.2 Å². The summed E-state index contributed by atoms with van der Waals surface area (Å²) in [5.41, 5.74) is 5.24. The molecule has 1 aliphatic rings. The molecule has 0 N–H and O–H groups in total. The molecule has 0 saturated heterocycles. The summed E-state index contributed by atoms with van der Waals surface area (Å²) in [5, 5.41) is 0. The number of rotatable bonds is 3. The number of nitrogens with zero attached hydrogens (tertiary/aromatic N) is 1. The van der Waals surface area contributed by atoms with Crippen molar-refractivity contribution in [3.8, 4) is 22.7 Å². The van der Waals surface area contributed by atoms with Gasteiger partial charge in [-0.2, -0.15) is 0 Å². The fourth-order valence-corrected chi connectivity index (χ4v) is 3.44. The Morgan fingerprint density at radius 2 is 1.71 bits per heavy atom. The van der Waals surface area contributed by atoms with Crippen LogP contribution < -0.4 is 4.74 Å². The number of benzene rings is 2. The molecule has 3 heteroatoms. The maximum atomic E-state index is 12.4. The molecular weight excluding hydrogens is 298 g/mol. The number of Topliss-reactive ketones (excluding diaryl/α,β-unsaturated/α-hetero) is 1. The maximum absolute atomic E-state index is 12.4. The van der Waals surface area contributed by atoms with Crippen molar-refractivity contribution in [2.24, 2.45) is 0 Å². The Kier molecular flexibility index (Phi) is 3.69. The summed E-state index contributed by atoms with van der Waals surface area (Å²) < 4.78 is 7.49. The second kappa shape index (κ2) is 6.00. The van der Waals surface area contributed by atoms with E-state index in [0.717, 1.165) is 46.8 Å². The summed E-state index contributed by atoms with van der Waals surface area (Å²) >= 11 is 0. The minimum Gasteiger partial charge on any atom is -0.497 e. The smallest absolute Gasteiger partial charge is 0.164 e. The van der Waals surface area contributed by atoms with Crippen LogP contribution in [-0.2, 0) is 6.42 Å². The van der Waals surface area contributed by atoms with Crippen molar-refractivity contribution >= 4 is 5.78 Å². The minimum atomic E-state index is 0.251. The molecule has 0 bridgehead atoms. The molecule has 0 radical (unpaired) electrons. The van der Waals surface area contributed by atoms with Crippen LogP contribution in [0.5, 0.6) is 5.75 Å². The number of ether oxygens (including phenoxy) is 1. The lowest BCUT2D eigenvalue weighted by molar-refractivity contribution is 0.0972. The maximum Gasteiger partial charge on any atom is 0.164 e. The summed E-state index contributed by atoms with van der Waals surface area (Å²) in [7, 11) is 1.67. The van der Waals surface area contributed by atoms with Crippen LogP contribution in [0, 0.1) is 0 Å². The van der Waals surface area contributed by atoms with E-state index in [1.807, 2.05) is 42.5 Å². The van der Waals surface area contributed by atoms with E-state index in [-0.39, 0.29) is 5.78 Å². The van der Waals surface area contributed by atoms with Gasteiger partial charge < -0.3 is 9.30 Å². The zero-order chi connectivity index (χ0) is 16.5. The van der Waals surface area contributed by atoms with Gasteiger partial charge in [0.05, 0.1) is 12.8 Å². The van der Waals surface area contributed by atoms with Crippen molar-refractivity contribution < 1.29 is 9.53 Å². The lowest BCUT2D eigenvalue weighted by atomic mass is 9.96. The second-order valence-corrected chi connectivity index (χ2v) is 6.07. The second-order valence-electron chi connectivity index (χ2n) is 6.07. The number of aromatic nitrogens is 1. The molecule has 0 aliphatic heterocycles. The van der Waals surface area contributed by atoms with Crippen LogP contribution in [0.4, 0.5) is 0 Å². The van der Waals surface area contributed by atoms with E-state index in [1.54, 1.807) is 7.11 Å². The first kappa shape index (κ1) is 14.8. The summed E-state index contributed by atoms with van der Waals surface area (Å²) in [5.74, 6) is 1.08. The van der Waals surface area contributed by atoms with Gasteiger partial charge in [0.2, 0.25) is 0 Å². The highest BCUT2D eigenvalue weighted by Gasteiger charge is 2.25. The largest absolute Gasteiger partial charge is 0.497 e. The SMILES string of the molecule is COc1ccc(-n2c(-c3ccccc3)cc3c2CCCC3=O)cc1. The van der Waals surface area contributed by atoms with Crippen LogP contribution in [0.25, 0.3) is 16.9 Å². The third-order valence-corrected chi connectivity index (χ3v) is 4.62. The molecule has 120 valence electrons. The highest BCUT2D eigenvalue weighted by atomic mass is 16.5. The van der Waals surface area contributed by atoms with Crippen LogP contribution >= 0.6 is 0 Å². The Balaban J connectivity index is 1.94. The monoisotopic (exact) mass is 317 g/mol. The average molecular weight is 317 g/mol. The van der Waals surface area contributed by atoms with Crippen molar-refractivity contribution in [2.45, 2.75) is 19.3 Å². The predicted molar refractivity (Wildman–Crippen MR) is 95.0 cm³/mol. The van der Waals surface area contributed by atoms with Gasteiger partial charge in [-0.3, -0.25) is 4.79 Å². The number of carbonyl (C=O) groups excluding carboxylic acids is 1. The normalized spacial score (nSPS) is 13.6. The van der Waals surface area contributed by atoms with Crippen LogP contribution in [0.3, 0.4) is 0 Å². The van der Waals surface area contributed by atoms with E-state index < -0.39 is 0 Å². The Morgan fingerprint density at radius 1 is 0.958 bits per heavy atom. The van der Waals surface area contributed by atoms with Crippen molar-refractivity contribution in [2.75, 3.05) is 7.11 Å². The number of hydrogen-bond acceptors (Lipinski definition) is 2. The fourth-order valence-electron chi connectivity index (χ4n) is 3.44. The first-order valence-electron chi connectivity index (χ1n) is 8.25. The molecule has 1 heterocycles. The summed E-state index contributed by atoms with van der Waals surface area (Å²) in [6, 6.07) is 20.3.